The smallest absolute Gasteiger partial charge is 0.323 e. The largest absolute Gasteiger partial charge is 0.480 e. The van der Waals surface area contributed by atoms with Crippen molar-refractivity contribution in [3.05, 3.63) is 60.2 Å². The SMILES string of the molecule is CCCCS(=O)(=O)c1ccc(C(=O)N(CC(=O)O)c2ccccc2)cc1. The van der Waals surface area contributed by atoms with Gasteiger partial charge in [0.1, 0.15) is 6.54 Å². The zero-order chi connectivity index (χ0) is 19.2. The lowest BCUT2D eigenvalue weighted by Crippen LogP contribution is -2.35. The number of carbonyl (C=O) groups is 2. The zero-order valence-electron chi connectivity index (χ0n) is 14.5. The van der Waals surface area contributed by atoms with Crippen LogP contribution in [0.15, 0.2) is 59.5 Å². The average Bonchev–Trinajstić information content (AvgIpc) is 2.64. The van der Waals surface area contributed by atoms with Crippen LogP contribution in [0.25, 0.3) is 0 Å². The molecule has 0 atom stereocenters. The van der Waals surface area contributed by atoms with E-state index in [0.29, 0.717) is 12.1 Å². The molecule has 0 saturated heterocycles. The van der Waals surface area contributed by atoms with E-state index in [9.17, 15) is 18.0 Å². The molecule has 6 nitrogen and oxygen atoms in total. The molecule has 0 bridgehead atoms. The summed E-state index contributed by atoms with van der Waals surface area (Å²) in [5.41, 5.74) is 0.684. The fourth-order valence-electron chi connectivity index (χ4n) is 2.44. The normalized spacial score (nSPS) is 11.1. The molecule has 0 spiro atoms. The van der Waals surface area contributed by atoms with Gasteiger partial charge in [-0.05, 0) is 42.8 Å². The first-order valence-corrected chi connectivity index (χ1v) is 9.92. The van der Waals surface area contributed by atoms with Crippen molar-refractivity contribution in [2.45, 2.75) is 24.7 Å². The molecule has 0 radical (unpaired) electrons. The highest BCUT2D eigenvalue weighted by atomic mass is 32.2. The van der Waals surface area contributed by atoms with Crippen LogP contribution in [0.4, 0.5) is 5.69 Å². The van der Waals surface area contributed by atoms with Gasteiger partial charge < -0.3 is 5.11 Å². The number of benzene rings is 2. The third-order valence-corrected chi connectivity index (χ3v) is 5.65. The number of anilines is 1. The molecule has 1 amide bonds. The molecule has 138 valence electrons. The number of hydrogen-bond donors (Lipinski definition) is 1. The highest BCUT2D eigenvalue weighted by molar-refractivity contribution is 7.91. The minimum atomic E-state index is -3.38. The van der Waals surface area contributed by atoms with Gasteiger partial charge in [-0.1, -0.05) is 31.5 Å². The van der Waals surface area contributed by atoms with E-state index >= 15 is 0 Å². The predicted octanol–water partition coefficient (Wildman–Crippen LogP) is 2.99. The Labute approximate surface area is 153 Å². The number of rotatable bonds is 8. The van der Waals surface area contributed by atoms with Crippen LogP contribution in [0.2, 0.25) is 0 Å². The number of carboxylic acid groups (broad SMARTS) is 1. The van der Waals surface area contributed by atoms with Gasteiger partial charge in [-0.2, -0.15) is 0 Å². The third-order valence-electron chi connectivity index (χ3n) is 3.83. The van der Waals surface area contributed by atoms with E-state index in [2.05, 4.69) is 0 Å². The van der Waals surface area contributed by atoms with E-state index in [4.69, 9.17) is 5.11 Å². The Hall–Kier alpha value is -2.67. The quantitative estimate of drug-likeness (QED) is 0.766. The highest BCUT2D eigenvalue weighted by Gasteiger charge is 2.21. The molecule has 2 rings (SSSR count). The van der Waals surface area contributed by atoms with Crippen molar-refractivity contribution in [3.8, 4) is 0 Å². The number of unbranched alkanes of at least 4 members (excludes halogenated alkanes) is 1. The number of para-hydroxylation sites is 1. The summed E-state index contributed by atoms with van der Waals surface area (Å²) in [5, 5.41) is 9.10. The second-order valence-electron chi connectivity index (χ2n) is 5.82. The predicted molar refractivity (Wildman–Crippen MR) is 99.2 cm³/mol. The lowest BCUT2D eigenvalue weighted by Gasteiger charge is -2.21. The summed E-state index contributed by atoms with van der Waals surface area (Å²) < 4.78 is 24.4. The number of hydrogen-bond acceptors (Lipinski definition) is 4. The Morgan fingerprint density at radius 3 is 2.15 bits per heavy atom. The molecule has 0 unspecified atom stereocenters. The highest BCUT2D eigenvalue weighted by Crippen LogP contribution is 2.19. The molecule has 0 aliphatic heterocycles. The Balaban J connectivity index is 2.28. The standard InChI is InChI=1S/C19H21NO5S/c1-2-3-13-26(24,25)17-11-9-15(10-12-17)19(23)20(14-18(21)22)16-7-5-4-6-8-16/h4-12H,2-3,13-14H2,1H3,(H,21,22). The second-order valence-corrected chi connectivity index (χ2v) is 7.93. The van der Waals surface area contributed by atoms with Crippen molar-refractivity contribution in [2.24, 2.45) is 0 Å². The maximum atomic E-state index is 12.7. The molecule has 1 N–H and O–H groups in total. The molecule has 0 fully saturated rings. The minimum Gasteiger partial charge on any atom is -0.480 e. The summed E-state index contributed by atoms with van der Waals surface area (Å²) in [6.07, 6.45) is 1.35. The van der Waals surface area contributed by atoms with E-state index < -0.39 is 28.3 Å². The topological polar surface area (TPSA) is 91.8 Å². The van der Waals surface area contributed by atoms with E-state index in [1.54, 1.807) is 30.3 Å². The minimum absolute atomic E-state index is 0.0615. The van der Waals surface area contributed by atoms with Gasteiger partial charge in [0.25, 0.3) is 5.91 Å². The fraction of sp³-hybridized carbons (Fsp3) is 0.263. The fourth-order valence-corrected chi connectivity index (χ4v) is 3.89. The van der Waals surface area contributed by atoms with Crippen LogP contribution in [0.1, 0.15) is 30.1 Å². The molecule has 2 aromatic rings. The molecule has 0 aliphatic carbocycles. The molecule has 7 heteroatoms. The Kier molecular flexibility index (Phi) is 6.52. The lowest BCUT2D eigenvalue weighted by atomic mass is 10.2. The van der Waals surface area contributed by atoms with Crippen molar-refractivity contribution in [2.75, 3.05) is 17.2 Å². The van der Waals surface area contributed by atoms with Gasteiger partial charge in [0, 0.05) is 11.3 Å². The Bertz CT molecular complexity index is 861. The molecule has 0 aromatic heterocycles. The van der Waals surface area contributed by atoms with E-state index in [1.807, 2.05) is 6.92 Å². The van der Waals surface area contributed by atoms with Crippen molar-refractivity contribution >= 4 is 27.4 Å². The van der Waals surface area contributed by atoms with Gasteiger partial charge in [-0.25, -0.2) is 8.42 Å². The third kappa shape index (κ3) is 4.92. The van der Waals surface area contributed by atoms with Crippen molar-refractivity contribution in [3.63, 3.8) is 0 Å². The van der Waals surface area contributed by atoms with Crippen LogP contribution in [-0.4, -0.2) is 37.7 Å². The average molecular weight is 375 g/mol. The van der Waals surface area contributed by atoms with Crippen LogP contribution < -0.4 is 4.90 Å². The monoisotopic (exact) mass is 375 g/mol. The number of nitrogens with zero attached hydrogens (tertiary/aromatic N) is 1. The number of carbonyl (C=O) groups excluding carboxylic acids is 1. The molecule has 0 heterocycles. The first-order valence-electron chi connectivity index (χ1n) is 8.26. The molecular weight excluding hydrogens is 354 g/mol. The molecule has 26 heavy (non-hydrogen) atoms. The van der Waals surface area contributed by atoms with Crippen LogP contribution >= 0.6 is 0 Å². The summed E-state index contributed by atoms with van der Waals surface area (Å²) in [7, 11) is -3.38. The number of sulfone groups is 1. The van der Waals surface area contributed by atoms with Crippen LogP contribution in [0, 0.1) is 0 Å². The van der Waals surface area contributed by atoms with Crippen LogP contribution in [0.3, 0.4) is 0 Å². The van der Waals surface area contributed by atoms with Gasteiger partial charge in [-0.3, -0.25) is 14.5 Å². The van der Waals surface area contributed by atoms with Gasteiger partial charge >= 0.3 is 5.97 Å². The summed E-state index contributed by atoms with van der Waals surface area (Å²) in [6, 6.07) is 14.1. The Morgan fingerprint density at radius 1 is 1.00 bits per heavy atom. The van der Waals surface area contributed by atoms with Gasteiger partial charge in [0.2, 0.25) is 0 Å². The summed E-state index contributed by atoms with van der Waals surface area (Å²) in [5.74, 6) is -1.58. The van der Waals surface area contributed by atoms with Gasteiger partial charge in [0.15, 0.2) is 9.84 Å². The second kappa shape index (κ2) is 8.62. The van der Waals surface area contributed by atoms with Crippen molar-refractivity contribution in [1.82, 2.24) is 0 Å². The first-order chi connectivity index (χ1) is 12.3. The number of aliphatic carboxylic acids is 1. The maximum absolute atomic E-state index is 12.7. The lowest BCUT2D eigenvalue weighted by molar-refractivity contribution is -0.135. The molecular formula is C19H21NO5S. The molecule has 0 saturated carbocycles. The van der Waals surface area contributed by atoms with Gasteiger partial charge in [-0.15, -0.1) is 0 Å². The van der Waals surface area contributed by atoms with Gasteiger partial charge in [0.05, 0.1) is 10.6 Å². The number of amides is 1. The van der Waals surface area contributed by atoms with E-state index in [0.717, 1.165) is 11.3 Å². The first kappa shape index (κ1) is 19.7. The summed E-state index contributed by atoms with van der Waals surface area (Å²) >= 11 is 0. The zero-order valence-corrected chi connectivity index (χ0v) is 15.3. The maximum Gasteiger partial charge on any atom is 0.323 e. The Morgan fingerprint density at radius 2 is 1.62 bits per heavy atom. The van der Waals surface area contributed by atoms with Crippen molar-refractivity contribution < 1.29 is 23.1 Å². The molecule has 2 aromatic carbocycles. The van der Waals surface area contributed by atoms with E-state index in [-0.39, 0.29) is 16.2 Å². The summed E-state index contributed by atoms with van der Waals surface area (Å²) in [4.78, 5) is 25.2. The van der Waals surface area contributed by atoms with E-state index in [1.165, 1.54) is 24.3 Å². The van der Waals surface area contributed by atoms with Crippen molar-refractivity contribution in [1.29, 1.82) is 0 Å². The summed E-state index contributed by atoms with van der Waals surface area (Å²) in [6.45, 7) is 1.43. The molecule has 0 aliphatic rings. The number of carboxylic acids is 1. The van der Waals surface area contributed by atoms with Crippen LogP contribution in [0.5, 0.6) is 0 Å². The van der Waals surface area contributed by atoms with Crippen LogP contribution in [-0.2, 0) is 14.6 Å².